The topological polar surface area (TPSA) is 63.1 Å². The SMILES string of the molecule is CCc1csc(CNC(=O)N2CCCC[C@@H]2CCn2ccnc2)n1. The Morgan fingerprint density at radius 3 is 3.12 bits per heavy atom. The molecule has 0 unspecified atom stereocenters. The Morgan fingerprint density at radius 1 is 1.46 bits per heavy atom. The van der Waals surface area contributed by atoms with Gasteiger partial charge in [-0.3, -0.25) is 0 Å². The van der Waals surface area contributed by atoms with E-state index in [1.807, 2.05) is 17.4 Å². The number of carbonyl (C=O) groups is 1. The zero-order chi connectivity index (χ0) is 16.8. The third kappa shape index (κ3) is 4.35. The normalized spacial score (nSPS) is 17.9. The molecule has 1 N–H and O–H groups in total. The Labute approximate surface area is 146 Å². The van der Waals surface area contributed by atoms with E-state index in [1.54, 1.807) is 17.5 Å². The van der Waals surface area contributed by atoms with E-state index in [1.165, 1.54) is 6.42 Å². The number of likely N-dealkylation sites (tertiary alicyclic amines) is 1. The van der Waals surface area contributed by atoms with E-state index in [9.17, 15) is 4.79 Å². The van der Waals surface area contributed by atoms with Crippen molar-refractivity contribution in [2.24, 2.45) is 0 Å². The standard InChI is InChI=1S/C17H25N5OS/c1-2-14-12-24-16(20-14)11-19-17(23)22-8-4-3-5-15(22)6-9-21-10-7-18-13-21/h7,10,12-13,15H,2-6,8-9,11H2,1H3,(H,19,23)/t15-/m1/s1. The molecule has 0 aromatic carbocycles. The number of nitrogens with zero attached hydrogens (tertiary/aromatic N) is 4. The fraction of sp³-hybridized carbons (Fsp3) is 0.588. The second-order valence-electron chi connectivity index (χ2n) is 6.18. The molecular formula is C17H25N5OS. The van der Waals surface area contributed by atoms with E-state index in [4.69, 9.17) is 0 Å². The fourth-order valence-corrected chi connectivity index (χ4v) is 3.95. The number of aryl methyl sites for hydroxylation is 2. The molecule has 1 atom stereocenters. The van der Waals surface area contributed by atoms with Gasteiger partial charge in [0, 0.05) is 36.9 Å². The highest BCUT2D eigenvalue weighted by atomic mass is 32.1. The molecule has 3 rings (SSSR count). The second kappa shape index (κ2) is 8.28. The lowest BCUT2D eigenvalue weighted by Crippen LogP contribution is -2.48. The predicted molar refractivity (Wildman–Crippen MR) is 94.9 cm³/mol. The molecule has 1 fully saturated rings. The van der Waals surface area contributed by atoms with Crippen LogP contribution in [0.5, 0.6) is 0 Å². The first kappa shape index (κ1) is 17.0. The van der Waals surface area contributed by atoms with Crippen LogP contribution in [0.1, 0.15) is 43.3 Å². The lowest BCUT2D eigenvalue weighted by Gasteiger charge is -2.35. The van der Waals surface area contributed by atoms with Crippen molar-refractivity contribution in [1.82, 2.24) is 24.8 Å². The van der Waals surface area contributed by atoms with Crippen molar-refractivity contribution in [2.75, 3.05) is 6.54 Å². The van der Waals surface area contributed by atoms with E-state index in [0.29, 0.717) is 12.6 Å². The van der Waals surface area contributed by atoms with E-state index >= 15 is 0 Å². The first-order valence-electron chi connectivity index (χ1n) is 8.69. The third-order valence-corrected chi connectivity index (χ3v) is 5.42. The number of thiazole rings is 1. The smallest absolute Gasteiger partial charge is 0.317 e. The molecule has 0 aliphatic carbocycles. The molecule has 0 saturated carbocycles. The van der Waals surface area contributed by atoms with Gasteiger partial charge in [-0.1, -0.05) is 6.92 Å². The average Bonchev–Trinajstić information content (AvgIpc) is 3.29. The summed E-state index contributed by atoms with van der Waals surface area (Å²) >= 11 is 1.62. The van der Waals surface area contributed by atoms with Gasteiger partial charge in [-0.05, 0) is 32.1 Å². The summed E-state index contributed by atoms with van der Waals surface area (Å²) in [7, 11) is 0. The molecule has 2 amide bonds. The second-order valence-corrected chi connectivity index (χ2v) is 7.12. The molecule has 2 aromatic heterocycles. The first-order chi connectivity index (χ1) is 11.8. The van der Waals surface area contributed by atoms with Gasteiger partial charge in [0.05, 0.1) is 18.6 Å². The van der Waals surface area contributed by atoms with Crippen LogP contribution in [-0.2, 0) is 19.5 Å². The maximum absolute atomic E-state index is 12.6. The van der Waals surface area contributed by atoms with Crippen LogP contribution in [0.3, 0.4) is 0 Å². The number of urea groups is 1. The Kier molecular flexibility index (Phi) is 5.85. The summed E-state index contributed by atoms with van der Waals surface area (Å²) in [6.45, 7) is 4.36. The van der Waals surface area contributed by atoms with Crippen LogP contribution in [0.4, 0.5) is 4.79 Å². The molecule has 130 valence electrons. The van der Waals surface area contributed by atoms with Crippen LogP contribution in [0.25, 0.3) is 0 Å². The molecule has 2 aromatic rings. The van der Waals surface area contributed by atoms with Gasteiger partial charge in [-0.2, -0.15) is 0 Å². The van der Waals surface area contributed by atoms with Gasteiger partial charge >= 0.3 is 6.03 Å². The molecule has 1 aliphatic heterocycles. The number of carbonyl (C=O) groups excluding carboxylic acids is 1. The molecule has 0 bridgehead atoms. The van der Waals surface area contributed by atoms with Gasteiger partial charge in [-0.25, -0.2) is 14.8 Å². The number of hydrogen-bond acceptors (Lipinski definition) is 4. The summed E-state index contributed by atoms with van der Waals surface area (Å²) in [5.74, 6) is 0. The third-order valence-electron chi connectivity index (χ3n) is 4.52. The number of piperidine rings is 1. The Morgan fingerprint density at radius 2 is 2.38 bits per heavy atom. The highest BCUT2D eigenvalue weighted by Gasteiger charge is 2.26. The molecule has 7 heteroatoms. The van der Waals surface area contributed by atoms with Gasteiger partial charge in [0.2, 0.25) is 0 Å². The van der Waals surface area contributed by atoms with Crippen molar-refractivity contribution in [3.63, 3.8) is 0 Å². The Bertz CT molecular complexity index is 639. The summed E-state index contributed by atoms with van der Waals surface area (Å²) in [6.07, 6.45) is 10.9. The molecule has 0 spiro atoms. The zero-order valence-electron chi connectivity index (χ0n) is 14.1. The first-order valence-corrected chi connectivity index (χ1v) is 9.57. The van der Waals surface area contributed by atoms with E-state index in [0.717, 1.165) is 49.5 Å². The number of nitrogens with one attached hydrogen (secondary N) is 1. The Balaban J connectivity index is 1.52. The highest BCUT2D eigenvalue weighted by Crippen LogP contribution is 2.20. The molecule has 1 aliphatic rings. The lowest BCUT2D eigenvalue weighted by molar-refractivity contribution is 0.143. The monoisotopic (exact) mass is 347 g/mol. The molecule has 6 nitrogen and oxygen atoms in total. The lowest BCUT2D eigenvalue weighted by atomic mass is 10.00. The minimum atomic E-state index is 0.0404. The van der Waals surface area contributed by atoms with Crippen molar-refractivity contribution in [2.45, 2.75) is 58.2 Å². The van der Waals surface area contributed by atoms with Crippen LogP contribution in [0, 0.1) is 0 Å². The predicted octanol–water partition coefficient (Wildman–Crippen LogP) is 3.06. The van der Waals surface area contributed by atoms with Crippen molar-refractivity contribution in [3.8, 4) is 0 Å². The number of hydrogen-bond donors (Lipinski definition) is 1. The van der Waals surface area contributed by atoms with E-state index in [-0.39, 0.29) is 6.03 Å². The van der Waals surface area contributed by atoms with Gasteiger partial charge < -0.3 is 14.8 Å². The average molecular weight is 347 g/mol. The molecule has 1 saturated heterocycles. The fourth-order valence-electron chi connectivity index (χ4n) is 3.13. The van der Waals surface area contributed by atoms with Gasteiger partial charge in [-0.15, -0.1) is 11.3 Å². The van der Waals surface area contributed by atoms with Crippen molar-refractivity contribution < 1.29 is 4.79 Å². The summed E-state index contributed by atoms with van der Waals surface area (Å²) in [6, 6.07) is 0.349. The van der Waals surface area contributed by atoms with E-state index in [2.05, 4.69) is 32.2 Å². The summed E-state index contributed by atoms with van der Waals surface area (Å²) < 4.78 is 2.08. The minimum absolute atomic E-state index is 0.0404. The maximum Gasteiger partial charge on any atom is 0.317 e. The summed E-state index contributed by atoms with van der Waals surface area (Å²) in [5, 5.41) is 6.09. The number of rotatable bonds is 6. The number of amides is 2. The van der Waals surface area contributed by atoms with Gasteiger partial charge in [0.1, 0.15) is 5.01 Å². The number of imidazole rings is 1. The highest BCUT2D eigenvalue weighted by molar-refractivity contribution is 7.09. The largest absolute Gasteiger partial charge is 0.337 e. The van der Waals surface area contributed by atoms with Crippen LogP contribution in [0.2, 0.25) is 0 Å². The summed E-state index contributed by atoms with van der Waals surface area (Å²) in [4.78, 5) is 23.2. The van der Waals surface area contributed by atoms with Crippen molar-refractivity contribution in [1.29, 1.82) is 0 Å². The summed E-state index contributed by atoms with van der Waals surface area (Å²) in [5.41, 5.74) is 1.10. The molecule has 0 radical (unpaired) electrons. The van der Waals surface area contributed by atoms with Gasteiger partial charge in [0.15, 0.2) is 0 Å². The van der Waals surface area contributed by atoms with Crippen LogP contribution >= 0.6 is 11.3 Å². The molecular weight excluding hydrogens is 322 g/mol. The van der Waals surface area contributed by atoms with Crippen LogP contribution in [0.15, 0.2) is 24.1 Å². The number of aromatic nitrogens is 3. The molecule has 24 heavy (non-hydrogen) atoms. The molecule has 3 heterocycles. The van der Waals surface area contributed by atoms with Gasteiger partial charge in [0.25, 0.3) is 0 Å². The quantitative estimate of drug-likeness (QED) is 0.873. The minimum Gasteiger partial charge on any atom is -0.337 e. The van der Waals surface area contributed by atoms with Crippen molar-refractivity contribution in [3.05, 3.63) is 34.8 Å². The van der Waals surface area contributed by atoms with Crippen molar-refractivity contribution >= 4 is 17.4 Å². The van der Waals surface area contributed by atoms with Crippen LogP contribution < -0.4 is 5.32 Å². The maximum atomic E-state index is 12.6. The zero-order valence-corrected chi connectivity index (χ0v) is 15.0. The Hall–Kier alpha value is -1.89. The van der Waals surface area contributed by atoms with E-state index < -0.39 is 0 Å². The van der Waals surface area contributed by atoms with Crippen LogP contribution in [-0.4, -0.2) is 38.1 Å².